The molecule has 1 N–H and O–H groups in total. The Bertz CT molecular complexity index is 1240. The summed E-state index contributed by atoms with van der Waals surface area (Å²) in [6.45, 7) is 4.55. The van der Waals surface area contributed by atoms with Crippen LogP contribution in [-0.4, -0.2) is 80.6 Å². The van der Waals surface area contributed by atoms with Crippen molar-refractivity contribution >= 4 is 17.9 Å². The van der Waals surface area contributed by atoms with Gasteiger partial charge in [0.2, 0.25) is 0 Å². The van der Waals surface area contributed by atoms with Gasteiger partial charge in [-0.05, 0) is 89.9 Å². The third-order valence-corrected chi connectivity index (χ3v) is 9.78. The van der Waals surface area contributed by atoms with Gasteiger partial charge in [-0.2, -0.15) is 0 Å². The van der Waals surface area contributed by atoms with Crippen LogP contribution in [0.2, 0.25) is 0 Å². The van der Waals surface area contributed by atoms with Crippen molar-refractivity contribution in [3.63, 3.8) is 0 Å². The standard InChI is InChI=1S/C51H85NO7/c1-6-8-10-12-14-16-18-20-21-22-23-24-25-26-27-28-30-31-33-35-37-39-41-49(53)58-46-47(45-57-44-43-48(51(55)56)52(3,4)5)59-50(54)42-40-38-36-34-32-29-19-17-15-13-11-9-7-2/h8,10,14,16,20-21,23-24,26-27,29-32,47-48H,6-7,9,11-13,15,17-19,22,25,28,33-46H2,1-5H3/p+1/b10-8+,16-14+,21-20+,24-23+,27-26+,31-30+,32-29+. The largest absolute Gasteiger partial charge is 0.477 e. The first-order valence-corrected chi connectivity index (χ1v) is 23.1. The monoisotopic (exact) mass is 825 g/mol. The van der Waals surface area contributed by atoms with Crippen LogP contribution < -0.4 is 0 Å². The number of likely N-dealkylation sites (N-methyl/N-ethyl adjacent to an activating group) is 1. The molecule has 336 valence electrons. The third kappa shape index (κ3) is 39.7. The second kappa shape index (κ2) is 41.3. The third-order valence-electron chi connectivity index (χ3n) is 9.78. The quantitative estimate of drug-likeness (QED) is 0.0284. The summed E-state index contributed by atoms with van der Waals surface area (Å²) in [6.07, 6.45) is 53.4. The van der Waals surface area contributed by atoms with E-state index in [1.54, 1.807) is 0 Å². The number of aliphatic carboxylic acids is 1. The number of carbonyl (C=O) groups is 3. The van der Waals surface area contributed by atoms with Gasteiger partial charge in [-0.25, -0.2) is 4.79 Å². The number of carboxylic acids is 1. The molecule has 0 aliphatic heterocycles. The Morgan fingerprint density at radius 2 is 0.949 bits per heavy atom. The second-order valence-electron chi connectivity index (χ2n) is 16.3. The number of esters is 2. The first kappa shape index (κ1) is 55.5. The smallest absolute Gasteiger partial charge is 0.362 e. The maximum atomic E-state index is 12.7. The minimum atomic E-state index is -0.885. The highest BCUT2D eigenvalue weighted by atomic mass is 16.6. The molecule has 0 aromatic heterocycles. The molecule has 0 fully saturated rings. The van der Waals surface area contributed by atoms with E-state index in [1.165, 1.54) is 38.5 Å². The molecule has 2 unspecified atom stereocenters. The van der Waals surface area contributed by atoms with Gasteiger partial charge in [0, 0.05) is 19.3 Å². The Kier molecular flexibility index (Phi) is 38.8. The van der Waals surface area contributed by atoms with Gasteiger partial charge in [-0.15, -0.1) is 0 Å². The molecule has 0 radical (unpaired) electrons. The molecule has 0 aromatic carbocycles. The average molecular weight is 825 g/mol. The topological polar surface area (TPSA) is 99.1 Å². The Morgan fingerprint density at radius 1 is 0.525 bits per heavy atom. The molecule has 0 bridgehead atoms. The van der Waals surface area contributed by atoms with Crippen LogP contribution in [0.25, 0.3) is 0 Å². The van der Waals surface area contributed by atoms with Crippen molar-refractivity contribution in [3.8, 4) is 0 Å². The molecule has 0 aromatic rings. The number of carboxylic acid groups (broad SMARTS) is 1. The van der Waals surface area contributed by atoms with E-state index in [-0.39, 0.29) is 36.2 Å². The van der Waals surface area contributed by atoms with E-state index < -0.39 is 18.1 Å². The lowest BCUT2D eigenvalue weighted by molar-refractivity contribution is -0.887. The summed E-state index contributed by atoms with van der Waals surface area (Å²) in [5.41, 5.74) is 0. The lowest BCUT2D eigenvalue weighted by Crippen LogP contribution is -2.50. The van der Waals surface area contributed by atoms with Gasteiger partial charge < -0.3 is 23.8 Å². The summed E-state index contributed by atoms with van der Waals surface area (Å²) in [6, 6.07) is -0.626. The highest BCUT2D eigenvalue weighted by molar-refractivity contribution is 5.72. The minimum absolute atomic E-state index is 0.0395. The fraction of sp³-hybridized carbons (Fsp3) is 0.667. The maximum Gasteiger partial charge on any atom is 0.362 e. The number of quaternary nitrogens is 1. The number of ether oxygens (including phenoxy) is 3. The van der Waals surface area contributed by atoms with Crippen LogP contribution in [0.1, 0.15) is 168 Å². The summed E-state index contributed by atoms with van der Waals surface area (Å²) >= 11 is 0. The molecule has 2 atom stereocenters. The molecule has 59 heavy (non-hydrogen) atoms. The lowest BCUT2D eigenvalue weighted by Gasteiger charge is -2.31. The minimum Gasteiger partial charge on any atom is -0.477 e. The predicted molar refractivity (Wildman–Crippen MR) is 247 cm³/mol. The lowest BCUT2D eigenvalue weighted by atomic mass is 10.1. The number of nitrogens with zero attached hydrogens (tertiary/aromatic N) is 1. The maximum absolute atomic E-state index is 12.7. The molecule has 0 aliphatic carbocycles. The molecule has 0 saturated heterocycles. The van der Waals surface area contributed by atoms with E-state index in [4.69, 9.17) is 14.2 Å². The van der Waals surface area contributed by atoms with E-state index in [2.05, 4.69) is 98.9 Å². The van der Waals surface area contributed by atoms with Crippen molar-refractivity contribution in [2.24, 2.45) is 0 Å². The SMILES string of the molecule is CC/C=C/C/C=C/C/C=C/C/C=C/C/C=C/C/C=C/CCCCCC(=O)OCC(COCCC(C(=O)O)[N+](C)(C)C)OC(=O)CCCCC/C=C/CCCCCCCC. The van der Waals surface area contributed by atoms with Crippen LogP contribution >= 0.6 is 0 Å². The number of unbranched alkanes of at least 4 members (excludes halogenated alkanes) is 12. The van der Waals surface area contributed by atoms with Crippen LogP contribution in [0.3, 0.4) is 0 Å². The molecular formula is C51H86NO7+. The first-order chi connectivity index (χ1) is 28.6. The van der Waals surface area contributed by atoms with Gasteiger partial charge in [-0.1, -0.05) is 144 Å². The van der Waals surface area contributed by atoms with Gasteiger partial charge in [-0.3, -0.25) is 9.59 Å². The zero-order chi connectivity index (χ0) is 43.5. The Morgan fingerprint density at radius 3 is 1.42 bits per heavy atom. The molecule has 0 saturated carbocycles. The highest BCUT2D eigenvalue weighted by Crippen LogP contribution is 2.12. The van der Waals surface area contributed by atoms with E-state index in [1.807, 2.05) is 21.1 Å². The van der Waals surface area contributed by atoms with Crippen LogP contribution in [0, 0.1) is 0 Å². The second-order valence-corrected chi connectivity index (χ2v) is 16.3. The molecule has 8 heteroatoms. The highest BCUT2D eigenvalue weighted by Gasteiger charge is 2.31. The Hall–Kier alpha value is -3.49. The van der Waals surface area contributed by atoms with E-state index in [0.717, 1.165) is 96.3 Å². The van der Waals surface area contributed by atoms with Crippen LogP contribution in [0.4, 0.5) is 0 Å². The zero-order valence-corrected chi connectivity index (χ0v) is 38.2. The number of hydrogen-bond acceptors (Lipinski definition) is 6. The summed E-state index contributed by atoms with van der Waals surface area (Å²) in [7, 11) is 5.50. The van der Waals surface area contributed by atoms with Crippen molar-refractivity contribution in [1.82, 2.24) is 0 Å². The first-order valence-electron chi connectivity index (χ1n) is 23.1. The van der Waals surface area contributed by atoms with Crippen molar-refractivity contribution in [2.45, 2.75) is 180 Å². The van der Waals surface area contributed by atoms with Crippen LogP contribution in [0.15, 0.2) is 85.1 Å². The van der Waals surface area contributed by atoms with Gasteiger partial charge in [0.05, 0.1) is 34.4 Å². The van der Waals surface area contributed by atoms with Crippen molar-refractivity contribution in [1.29, 1.82) is 0 Å². The molecule has 8 nitrogen and oxygen atoms in total. The van der Waals surface area contributed by atoms with E-state index >= 15 is 0 Å². The number of rotatable bonds is 40. The van der Waals surface area contributed by atoms with Gasteiger partial charge in [0.15, 0.2) is 12.1 Å². The van der Waals surface area contributed by atoms with Crippen LogP contribution in [0.5, 0.6) is 0 Å². The fourth-order valence-electron chi connectivity index (χ4n) is 6.21. The summed E-state index contributed by atoms with van der Waals surface area (Å²) in [4.78, 5) is 37.0. The van der Waals surface area contributed by atoms with E-state index in [9.17, 15) is 19.5 Å². The van der Waals surface area contributed by atoms with Crippen LogP contribution in [-0.2, 0) is 28.6 Å². The Balaban J connectivity index is 4.39. The van der Waals surface area contributed by atoms with Gasteiger partial charge >= 0.3 is 17.9 Å². The number of hydrogen-bond donors (Lipinski definition) is 1. The molecule has 0 rings (SSSR count). The summed E-state index contributed by atoms with van der Waals surface area (Å²) in [5, 5.41) is 9.62. The normalized spacial score (nSPS) is 13.7. The van der Waals surface area contributed by atoms with Gasteiger partial charge in [0.25, 0.3) is 0 Å². The molecule has 0 spiro atoms. The fourth-order valence-corrected chi connectivity index (χ4v) is 6.21. The zero-order valence-electron chi connectivity index (χ0n) is 38.2. The van der Waals surface area contributed by atoms with Gasteiger partial charge in [0.1, 0.15) is 6.61 Å². The summed E-state index contributed by atoms with van der Waals surface area (Å²) < 4.78 is 17.2. The molecular weight excluding hydrogens is 739 g/mol. The van der Waals surface area contributed by atoms with E-state index in [0.29, 0.717) is 19.3 Å². The molecule has 0 heterocycles. The van der Waals surface area contributed by atoms with Crippen molar-refractivity contribution < 1.29 is 38.2 Å². The number of allylic oxidation sites excluding steroid dienone is 14. The number of carbonyl (C=O) groups excluding carboxylic acids is 2. The predicted octanol–water partition coefficient (Wildman–Crippen LogP) is 12.9. The summed E-state index contributed by atoms with van der Waals surface area (Å²) in [5.74, 6) is -1.54. The average Bonchev–Trinajstić information content (AvgIpc) is 3.19. The Labute approximate surface area is 361 Å². The molecule has 0 aliphatic rings. The molecule has 0 amide bonds. The van der Waals surface area contributed by atoms with Crippen molar-refractivity contribution in [3.05, 3.63) is 85.1 Å². The van der Waals surface area contributed by atoms with Crippen molar-refractivity contribution in [2.75, 3.05) is 41.0 Å².